The lowest BCUT2D eigenvalue weighted by atomic mass is 10.0. The fourth-order valence-corrected chi connectivity index (χ4v) is 0.600. The van der Waals surface area contributed by atoms with E-state index >= 15 is 0 Å². The van der Waals surface area contributed by atoms with E-state index in [0.717, 1.165) is 0 Å². The summed E-state index contributed by atoms with van der Waals surface area (Å²) in [5.41, 5.74) is 0. The summed E-state index contributed by atoms with van der Waals surface area (Å²) in [6.45, 7) is 1.34. The third-order valence-electron chi connectivity index (χ3n) is 1.45. The van der Waals surface area contributed by atoms with E-state index in [4.69, 9.17) is 5.26 Å². The highest BCUT2D eigenvalue weighted by Crippen LogP contribution is 2.16. The Kier molecular flexibility index (Phi) is 4.67. The van der Waals surface area contributed by atoms with Crippen molar-refractivity contribution in [3.8, 4) is 6.07 Å². The molecule has 0 bridgehead atoms. The van der Waals surface area contributed by atoms with Crippen LogP contribution in [0.5, 0.6) is 0 Å². The van der Waals surface area contributed by atoms with Crippen LogP contribution in [-0.2, 0) is 0 Å². The summed E-state index contributed by atoms with van der Waals surface area (Å²) in [6, 6.07) is 1.35. The molecule has 11 heavy (non-hydrogen) atoms. The Morgan fingerprint density at radius 3 is 2.18 bits per heavy atom. The van der Waals surface area contributed by atoms with E-state index in [-0.39, 0.29) is 12.8 Å². The first kappa shape index (κ1) is 10.3. The number of rotatable bonds is 4. The van der Waals surface area contributed by atoms with Gasteiger partial charge < -0.3 is 0 Å². The maximum Gasteiger partial charge on any atom is 0.241 e. The highest BCUT2D eigenvalue weighted by atomic mass is 19.3. The van der Waals surface area contributed by atoms with Crippen LogP contribution in [0.15, 0.2) is 0 Å². The highest BCUT2D eigenvalue weighted by molar-refractivity contribution is 4.82. The van der Waals surface area contributed by atoms with Crippen LogP contribution in [0.25, 0.3) is 0 Å². The molecule has 0 saturated heterocycles. The number of halogens is 3. The van der Waals surface area contributed by atoms with E-state index in [1.807, 2.05) is 0 Å². The SMILES string of the molecule is CC(CCC(F)C#N)C(F)F. The topological polar surface area (TPSA) is 23.8 Å². The second-order valence-corrected chi connectivity index (χ2v) is 2.49. The molecule has 0 fully saturated rings. The first-order valence-corrected chi connectivity index (χ1v) is 3.39. The maximum absolute atomic E-state index is 12.1. The van der Waals surface area contributed by atoms with Gasteiger partial charge in [0.15, 0.2) is 6.17 Å². The van der Waals surface area contributed by atoms with Crippen LogP contribution < -0.4 is 0 Å². The molecular weight excluding hydrogens is 155 g/mol. The Labute approximate surface area is 63.8 Å². The molecular formula is C7H10F3N. The molecule has 0 aromatic carbocycles. The lowest BCUT2D eigenvalue weighted by molar-refractivity contribution is 0.0783. The molecule has 0 amide bonds. The first-order valence-electron chi connectivity index (χ1n) is 3.39. The Morgan fingerprint density at radius 2 is 1.82 bits per heavy atom. The minimum absolute atomic E-state index is 0.0619. The molecule has 4 heteroatoms. The van der Waals surface area contributed by atoms with Crippen molar-refractivity contribution < 1.29 is 13.2 Å². The minimum Gasteiger partial charge on any atom is -0.231 e. The first-order chi connectivity index (χ1) is 5.07. The number of hydrogen-bond donors (Lipinski definition) is 0. The van der Waals surface area contributed by atoms with Gasteiger partial charge in [0.1, 0.15) is 0 Å². The predicted molar refractivity (Wildman–Crippen MR) is 34.9 cm³/mol. The molecule has 0 aromatic heterocycles. The van der Waals surface area contributed by atoms with Gasteiger partial charge in [0.2, 0.25) is 6.43 Å². The van der Waals surface area contributed by atoms with Crippen molar-refractivity contribution in [2.24, 2.45) is 5.92 Å². The molecule has 0 saturated carbocycles. The molecule has 2 atom stereocenters. The van der Waals surface area contributed by atoms with E-state index in [1.165, 1.54) is 13.0 Å². The molecule has 64 valence electrons. The number of hydrogen-bond acceptors (Lipinski definition) is 1. The fraction of sp³-hybridized carbons (Fsp3) is 0.857. The largest absolute Gasteiger partial charge is 0.241 e. The average molecular weight is 165 g/mol. The van der Waals surface area contributed by atoms with Gasteiger partial charge >= 0.3 is 0 Å². The summed E-state index contributed by atoms with van der Waals surface area (Å²) >= 11 is 0. The van der Waals surface area contributed by atoms with Crippen LogP contribution in [0, 0.1) is 17.2 Å². The number of nitrogens with zero attached hydrogens (tertiary/aromatic N) is 1. The van der Waals surface area contributed by atoms with Crippen LogP contribution in [0.2, 0.25) is 0 Å². The van der Waals surface area contributed by atoms with Crippen LogP contribution >= 0.6 is 0 Å². The van der Waals surface area contributed by atoms with Gasteiger partial charge in [-0.05, 0) is 12.8 Å². The zero-order chi connectivity index (χ0) is 8.85. The molecule has 2 unspecified atom stereocenters. The summed E-state index contributed by atoms with van der Waals surface area (Å²) in [6.07, 6.45) is -4.05. The van der Waals surface area contributed by atoms with Crippen LogP contribution in [0.1, 0.15) is 19.8 Å². The van der Waals surface area contributed by atoms with E-state index in [1.54, 1.807) is 0 Å². The van der Waals surface area contributed by atoms with Gasteiger partial charge in [-0.25, -0.2) is 13.2 Å². The standard InChI is InChI=1S/C7H10F3N/c1-5(7(9)10)2-3-6(8)4-11/h5-7H,2-3H2,1H3. The predicted octanol–water partition coefficient (Wildman–Crippen LogP) is 2.53. The van der Waals surface area contributed by atoms with E-state index < -0.39 is 18.5 Å². The van der Waals surface area contributed by atoms with E-state index in [2.05, 4.69) is 0 Å². The molecule has 0 radical (unpaired) electrons. The Hall–Kier alpha value is -0.720. The lowest BCUT2D eigenvalue weighted by Crippen LogP contribution is -2.09. The summed E-state index contributed by atoms with van der Waals surface area (Å²) in [7, 11) is 0. The summed E-state index contributed by atoms with van der Waals surface area (Å²) < 4.78 is 35.7. The van der Waals surface area contributed by atoms with Gasteiger partial charge in [0.05, 0.1) is 6.07 Å². The summed E-state index contributed by atoms with van der Waals surface area (Å²) in [5.74, 6) is -0.818. The zero-order valence-corrected chi connectivity index (χ0v) is 6.23. The molecule has 1 nitrogen and oxygen atoms in total. The van der Waals surface area contributed by atoms with Crippen LogP contribution in [0.4, 0.5) is 13.2 Å². The van der Waals surface area contributed by atoms with Crippen LogP contribution in [0.3, 0.4) is 0 Å². The van der Waals surface area contributed by atoms with Crippen molar-refractivity contribution in [3.05, 3.63) is 0 Å². The summed E-state index contributed by atoms with van der Waals surface area (Å²) in [5, 5.41) is 7.97. The Balaban J connectivity index is 3.47. The smallest absolute Gasteiger partial charge is 0.231 e. The number of alkyl halides is 3. The zero-order valence-electron chi connectivity index (χ0n) is 6.23. The van der Waals surface area contributed by atoms with Gasteiger partial charge in [-0.2, -0.15) is 5.26 Å². The van der Waals surface area contributed by atoms with Crippen molar-refractivity contribution in [1.29, 1.82) is 5.26 Å². The molecule has 0 rings (SSSR count). The quantitative estimate of drug-likeness (QED) is 0.627. The van der Waals surface area contributed by atoms with Crippen molar-refractivity contribution in [3.63, 3.8) is 0 Å². The monoisotopic (exact) mass is 165 g/mol. The molecule has 0 spiro atoms. The molecule has 0 aromatic rings. The van der Waals surface area contributed by atoms with Crippen molar-refractivity contribution in [2.45, 2.75) is 32.4 Å². The van der Waals surface area contributed by atoms with Crippen molar-refractivity contribution in [1.82, 2.24) is 0 Å². The van der Waals surface area contributed by atoms with Gasteiger partial charge in [-0.3, -0.25) is 0 Å². The third-order valence-corrected chi connectivity index (χ3v) is 1.45. The molecule has 0 aliphatic rings. The summed E-state index contributed by atoms with van der Waals surface area (Å²) in [4.78, 5) is 0. The Bertz CT molecular complexity index is 141. The van der Waals surface area contributed by atoms with Crippen LogP contribution in [-0.4, -0.2) is 12.6 Å². The minimum atomic E-state index is -2.42. The maximum atomic E-state index is 12.1. The highest BCUT2D eigenvalue weighted by Gasteiger charge is 2.16. The van der Waals surface area contributed by atoms with Gasteiger partial charge in [-0.15, -0.1) is 0 Å². The molecule has 0 aliphatic heterocycles. The van der Waals surface area contributed by atoms with Gasteiger partial charge in [0.25, 0.3) is 0 Å². The van der Waals surface area contributed by atoms with Gasteiger partial charge in [0, 0.05) is 5.92 Å². The van der Waals surface area contributed by atoms with E-state index in [9.17, 15) is 13.2 Å². The van der Waals surface area contributed by atoms with Crippen molar-refractivity contribution >= 4 is 0 Å². The molecule has 0 aliphatic carbocycles. The second kappa shape index (κ2) is 5.00. The number of nitriles is 1. The van der Waals surface area contributed by atoms with Crippen molar-refractivity contribution in [2.75, 3.05) is 0 Å². The second-order valence-electron chi connectivity index (χ2n) is 2.49. The van der Waals surface area contributed by atoms with E-state index in [0.29, 0.717) is 0 Å². The molecule has 0 heterocycles. The fourth-order valence-electron chi connectivity index (χ4n) is 0.600. The molecule has 0 N–H and O–H groups in total. The average Bonchev–Trinajstić information content (AvgIpc) is 1.99. The third kappa shape index (κ3) is 4.65. The van der Waals surface area contributed by atoms with Gasteiger partial charge in [-0.1, -0.05) is 6.92 Å². The lowest BCUT2D eigenvalue weighted by Gasteiger charge is -2.08. The normalized spacial score (nSPS) is 16.0. The Morgan fingerprint density at radius 1 is 1.27 bits per heavy atom.